The molecule has 0 N–H and O–H groups in total. The van der Waals surface area contributed by atoms with Crippen molar-refractivity contribution in [1.82, 2.24) is 0 Å². The summed E-state index contributed by atoms with van der Waals surface area (Å²) in [7, 11) is 0. The van der Waals surface area contributed by atoms with Crippen molar-refractivity contribution in [3.05, 3.63) is 21.4 Å². The van der Waals surface area contributed by atoms with Gasteiger partial charge < -0.3 is 0 Å². The van der Waals surface area contributed by atoms with Crippen molar-refractivity contribution >= 4 is 28.8 Å². The SMILES string of the molecule is C=C(C)/C=N\C(CCCC)=C(\I)CC. The van der Waals surface area contributed by atoms with Crippen LogP contribution in [-0.2, 0) is 0 Å². The molecule has 2 heteroatoms. The zero-order chi connectivity index (χ0) is 11.0. The van der Waals surface area contributed by atoms with E-state index in [9.17, 15) is 0 Å². The molecule has 80 valence electrons. The fraction of sp³-hybridized carbons (Fsp3) is 0.583. The van der Waals surface area contributed by atoms with Crippen LogP contribution < -0.4 is 0 Å². The van der Waals surface area contributed by atoms with E-state index in [2.05, 4.69) is 48.0 Å². The van der Waals surface area contributed by atoms with Crippen LogP contribution in [0.3, 0.4) is 0 Å². The summed E-state index contributed by atoms with van der Waals surface area (Å²) in [6, 6.07) is 0. The monoisotopic (exact) mass is 305 g/mol. The molecule has 0 aliphatic heterocycles. The number of nitrogens with zero attached hydrogens (tertiary/aromatic N) is 1. The average Bonchev–Trinajstić information content (AvgIpc) is 2.16. The lowest BCUT2D eigenvalue weighted by Crippen LogP contribution is -1.86. The van der Waals surface area contributed by atoms with Gasteiger partial charge in [0.2, 0.25) is 0 Å². The molecular formula is C12H20IN. The summed E-state index contributed by atoms with van der Waals surface area (Å²) in [6.07, 6.45) is 6.47. The largest absolute Gasteiger partial charge is 0.260 e. The number of hydrogen-bond donors (Lipinski definition) is 0. The maximum Gasteiger partial charge on any atom is 0.0496 e. The molecule has 1 nitrogen and oxygen atoms in total. The minimum Gasteiger partial charge on any atom is -0.260 e. The number of hydrogen-bond acceptors (Lipinski definition) is 1. The third-order valence-corrected chi connectivity index (χ3v) is 3.22. The number of rotatable bonds is 6. The van der Waals surface area contributed by atoms with Gasteiger partial charge in [0, 0.05) is 15.5 Å². The van der Waals surface area contributed by atoms with E-state index in [1.165, 1.54) is 22.1 Å². The smallest absolute Gasteiger partial charge is 0.0496 e. The Bertz CT molecular complexity index is 239. The van der Waals surface area contributed by atoms with Gasteiger partial charge in [0.05, 0.1) is 0 Å². The number of aliphatic imine (C=N–C) groups is 1. The lowest BCUT2D eigenvalue weighted by Gasteiger charge is -2.03. The summed E-state index contributed by atoms with van der Waals surface area (Å²) < 4.78 is 1.37. The van der Waals surface area contributed by atoms with Crippen LogP contribution in [-0.4, -0.2) is 6.21 Å². The van der Waals surface area contributed by atoms with E-state index < -0.39 is 0 Å². The summed E-state index contributed by atoms with van der Waals surface area (Å²) >= 11 is 2.39. The summed E-state index contributed by atoms with van der Waals surface area (Å²) in [6.45, 7) is 10.2. The Morgan fingerprint density at radius 2 is 2.07 bits per heavy atom. The molecule has 0 bridgehead atoms. The van der Waals surface area contributed by atoms with Crippen LogP contribution in [0.15, 0.2) is 26.4 Å². The number of unbranched alkanes of at least 4 members (excludes halogenated alkanes) is 1. The average molecular weight is 305 g/mol. The topological polar surface area (TPSA) is 12.4 Å². The molecule has 0 atom stereocenters. The van der Waals surface area contributed by atoms with E-state index in [0.29, 0.717) is 0 Å². The Morgan fingerprint density at radius 1 is 1.43 bits per heavy atom. The Labute approximate surface area is 102 Å². The molecule has 0 rings (SSSR count). The molecule has 0 amide bonds. The highest BCUT2D eigenvalue weighted by Crippen LogP contribution is 2.22. The van der Waals surface area contributed by atoms with Crippen molar-refractivity contribution in [2.45, 2.75) is 46.5 Å². The van der Waals surface area contributed by atoms with Crippen LogP contribution >= 0.6 is 22.6 Å². The van der Waals surface area contributed by atoms with Gasteiger partial charge in [0.1, 0.15) is 0 Å². The molecule has 0 aliphatic rings. The van der Waals surface area contributed by atoms with Crippen LogP contribution in [0.4, 0.5) is 0 Å². The van der Waals surface area contributed by atoms with E-state index in [-0.39, 0.29) is 0 Å². The molecule has 0 aromatic rings. The van der Waals surface area contributed by atoms with Gasteiger partial charge in [0.15, 0.2) is 0 Å². The molecule has 0 fully saturated rings. The third-order valence-electron chi connectivity index (χ3n) is 1.83. The van der Waals surface area contributed by atoms with Gasteiger partial charge in [-0.05, 0) is 54.4 Å². The first-order chi connectivity index (χ1) is 6.61. The summed E-state index contributed by atoms with van der Waals surface area (Å²) in [5.74, 6) is 0. The molecule has 0 saturated heterocycles. The van der Waals surface area contributed by atoms with Crippen molar-refractivity contribution in [3.63, 3.8) is 0 Å². The van der Waals surface area contributed by atoms with Gasteiger partial charge in [-0.25, -0.2) is 0 Å². The summed E-state index contributed by atoms with van der Waals surface area (Å²) in [5, 5.41) is 0. The van der Waals surface area contributed by atoms with E-state index in [4.69, 9.17) is 0 Å². The van der Waals surface area contributed by atoms with Crippen molar-refractivity contribution in [2.24, 2.45) is 4.99 Å². The Balaban J connectivity index is 4.48. The molecule has 0 saturated carbocycles. The zero-order valence-corrected chi connectivity index (χ0v) is 11.6. The molecule has 0 unspecified atom stereocenters. The van der Waals surface area contributed by atoms with E-state index in [1.807, 2.05) is 13.1 Å². The predicted molar refractivity (Wildman–Crippen MR) is 74.2 cm³/mol. The third kappa shape index (κ3) is 6.35. The second-order valence-electron chi connectivity index (χ2n) is 3.41. The fourth-order valence-electron chi connectivity index (χ4n) is 1.01. The highest BCUT2D eigenvalue weighted by atomic mass is 127. The van der Waals surface area contributed by atoms with Crippen molar-refractivity contribution in [3.8, 4) is 0 Å². The Hall–Kier alpha value is -0.120. The van der Waals surface area contributed by atoms with Crippen LogP contribution in [0.25, 0.3) is 0 Å². The summed E-state index contributed by atoms with van der Waals surface area (Å²) in [5.41, 5.74) is 2.25. The molecule has 0 aliphatic carbocycles. The second kappa shape index (κ2) is 8.21. The standard InChI is InChI=1S/C12H20IN/c1-5-7-8-12(11(13)6-2)14-9-10(3)4/h9H,3,5-8H2,1-2,4H3/b12-11+,14-9-. The van der Waals surface area contributed by atoms with Crippen molar-refractivity contribution in [2.75, 3.05) is 0 Å². The lowest BCUT2D eigenvalue weighted by atomic mass is 10.2. The maximum absolute atomic E-state index is 4.48. The van der Waals surface area contributed by atoms with Gasteiger partial charge in [-0.2, -0.15) is 0 Å². The molecule has 0 spiro atoms. The normalized spacial score (nSPS) is 13.1. The predicted octanol–water partition coefficient (Wildman–Crippen LogP) is 4.88. The fourth-order valence-corrected chi connectivity index (χ4v) is 1.42. The molecule has 0 heterocycles. The highest BCUT2D eigenvalue weighted by molar-refractivity contribution is 14.1. The number of allylic oxidation sites excluding steroid dienone is 3. The summed E-state index contributed by atoms with van der Waals surface area (Å²) in [4.78, 5) is 4.48. The first-order valence-electron chi connectivity index (χ1n) is 5.18. The van der Waals surface area contributed by atoms with Crippen molar-refractivity contribution < 1.29 is 0 Å². The number of halogens is 1. The first-order valence-corrected chi connectivity index (χ1v) is 6.26. The zero-order valence-electron chi connectivity index (χ0n) is 9.44. The molecular weight excluding hydrogens is 285 g/mol. The maximum atomic E-state index is 4.48. The van der Waals surface area contributed by atoms with Gasteiger partial charge in [-0.15, -0.1) is 0 Å². The van der Waals surface area contributed by atoms with Crippen molar-refractivity contribution in [1.29, 1.82) is 0 Å². The molecule has 0 radical (unpaired) electrons. The van der Waals surface area contributed by atoms with E-state index in [0.717, 1.165) is 18.4 Å². The van der Waals surface area contributed by atoms with Crippen LogP contribution in [0.5, 0.6) is 0 Å². The first kappa shape index (κ1) is 13.9. The van der Waals surface area contributed by atoms with Crippen LogP contribution in [0.1, 0.15) is 46.5 Å². The Morgan fingerprint density at radius 3 is 2.50 bits per heavy atom. The molecule has 0 aromatic carbocycles. The van der Waals surface area contributed by atoms with E-state index in [1.54, 1.807) is 0 Å². The minimum atomic E-state index is 1.01. The van der Waals surface area contributed by atoms with Gasteiger partial charge in [-0.1, -0.05) is 26.8 Å². The van der Waals surface area contributed by atoms with Crippen LogP contribution in [0, 0.1) is 0 Å². The molecule has 14 heavy (non-hydrogen) atoms. The minimum absolute atomic E-state index is 1.01. The lowest BCUT2D eigenvalue weighted by molar-refractivity contribution is 0.777. The molecule has 0 aromatic heterocycles. The van der Waals surface area contributed by atoms with E-state index >= 15 is 0 Å². The van der Waals surface area contributed by atoms with Gasteiger partial charge in [-0.3, -0.25) is 4.99 Å². The van der Waals surface area contributed by atoms with Gasteiger partial charge >= 0.3 is 0 Å². The quantitative estimate of drug-likeness (QED) is 0.490. The van der Waals surface area contributed by atoms with Crippen LogP contribution in [0.2, 0.25) is 0 Å². The van der Waals surface area contributed by atoms with Gasteiger partial charge in [0.25, 0.3) is 0 Å². The second-order valence-corrected chi connectivity index (χ2v) is 4.72. The Kier molecular flexibility index (Phi) is 8.14. The highest BCUT2D eigenvalue weighted by Gasteiger charge is 1.99.